The van der Waals surface area contributed by atoms with E-state index in [1.54, 1.807) is 0 Å². The van der Waals surface area contributed by atoms with Gasteiger partial charge in [0.15, 0.2) is 0 Å². The first-order chi connectivity index (χ1) is 10.5. The summed E-state index contributed by atoms with van der Waals surface area (Å²) in [4.78, 5) is 14.9. The van der Waals surface area contributed by atoms with Crippen LogP contribution in [0, 0.1) is 0 Å². The molecule has 0 spiro atoms. The Morgan fingerprint density at radius 3 is 2.68 bits per heavy atom. The van der Waals surface area contributed by atoms with Crippen molar-refractivity contribution in [3.05, 3.63) is 35.4 Å². The molecule has 0 aliphatic heterocycles. The molecule has 1 fully saturated rings. The van der Waals surface area contributed by atoms with Gasteiger partial charge in [-0.05, 0) is 57.1 Å². The molecule has 3 heteroatoms. The third-order valence-electron chi connectivity index (χ3n) is 5.21. The number of amides is 1. The molecule has 1 amide bonds. The second kappa shape index (κ2) is 6.04. The molecule has 1 aromatic carbocycles. The molecule has 0 radical (unpaired) electrons. The fourth-order valence-corrected chi connectivity index (χ4v) is 3.45. The van der Waals surface area contributed by atoms with Crippen LogP contribution in [-0.2, 0) is 11.2 Å². The van der Waals surface area contributed by atoms with Crippen molar-refractivity contribution in [3.63, 3.8) is 0 Å². The first-order valence-corrected chi connectivity index (χ1v) is 8.65. The molecular formula is C19H28N2O. The second-order valence-electron chi connectivity index (χ2n) is 7.44. The highest BCUT2D eigenvalue weighted by Crippen LogP contribution is 2.41. The molecular weight excluding hydrogens is 272 g/mol. The van der Waals surface area contributed by atoms with Gasteiger partial charge in [0.2, 0.25) is 5.91 Å². The minimum absolute atomic E-state index is 0.111. The maximum atomic E-state index is 12.5. The number of nitrogens with one attached hydrogen (secondary N) is 1. The Hall–Kier alpha value is -1.35. The summed E-state index contributed by atoms with van der Waals surface area (Å²) in [6, 6.07) is 9.77. The minimum atomic E-state index is -0.111. The third-order valence-corrected chi connectivity index (χ3v) is 5.21. The lowest BCUT2D eigenvalue weighted by molar-refractivity contribution is -0.124. The first kappa shape index (κ1) is 15.5. The number of fused-ring (bicyclic) bond motifs is 1. The van der Waals surface area contributed by atoms with Crippen molar-refractivity contribution < 1.29 is 4.79 Å². The van der Waals surface area contributed by atoms with Gasteiger partial charge in [-0.2, -0.15) is 0 Å². The van der Waals surface area contributed by atoms with Crippen molar-refractivity contribution in [2.24, 2.45) is 0 Å². The molecule has 0 unspecified atom stereocenters. The summed E-state index contributed by atoms with van der Waals surface area (Å²) in [6.45, 7) is 6.84. The fourth-order valence-electron chi connectivity index (χ4n) is 3.45. The van der Waals surface area contributed by atoms with Crippen LogP contribution < -0.4 is 5.32 Å². The monoisotopic (exact) mass is 300 g/mol. The van der Waals surface area contributed by atoms with Crippen LogP contribution in [0.5, 0.6) is 0 Å². The number of rotatable bonds is 6. The predicted octanol–water partition coefficient (Wildman–Crippen LogP) is 3.44. The molecule has 1 N–H and O–H groups in total. The normalized spacial score (nSPS) is 21.0. The molecule has 3 nitrogen and oxygen atoms in total. The summed E-state index contributed by atoms with van der Waals surface area (Å²) in [5, 5.41) is 3.19. The Balaban J connectivity index is 1.71. The van der Waals surface area contributed by atoms with Gasteiger partial charge in [-0.25, -0.2) is 0 Å². The van der Waals surface area contributed by atoms with Gasteiger partial charge >= 0.3 is 0 Å². The van der Waals surface area contributed by atoms with E-state index in [0.29, 0.717) is 18.6 Å². The van der Waals surface area contributed by atoms with Crippen molar-refractivity contribution in [3.8, 4) is 0 Å². The van der Waals surface area contributed by atoms with Gasteiger partial charge in [-0.3, -0.25) is 9.69 Å². The number of nitrogens with zero attached hydrogens (tertiary/aromatic N) is 1. The van der Waals surface area contributed by atoms with Crippen LogP contribution in [-0.4, -0.2) is 28.9 Å². The first-order valence-electron chi connectivity index (χ1n) is 8.65. The van der Waals surface area contributed by atoms with Crippen molar-refractivity contribution in [2.75, 3.05) is 6.54 Å². The van der Waals surface area contributed by atoms with Crippen molar-refractivity contribution in [1.29, 1.82) is 0 Å². The molecule has 1 saturated carbocycles. The molecule has 0 saturated heterocycles. The van der Waals surface area contributed by atoms with Gasteiger partial charge in [0.25, 0.3) is 0 Å². The van der Waals surface area contributed by atoms with E-state index in [9.17, 15) is 4.79 Å². The minimum Gasteiger partial charge on any atom is -0.350 e. The summed E-state index contributed by atoms with van der Waals surface area (Å²) in [7, 11) is 0. The van der Waals surface area contributed by atoms with Gasteiger partial charge in [0.05, 0.1) is 6.54 Å². The average molecular weight is 300 g/mol. The molecule has 0 heterocycles. The Morgan fingerprint density at radius 1 is 1.27 bits per heavy atom. The number of hydrogen-bond acceptors (Lipinski definition) is 2. The highest BCUT2D eigenvalue weighted by molar-refractivity contribution is 5.79. The van der Waals surface area contributed by atoms with E-state index in [1.807, 2.05) is 0 Å². The van der Waals surface area contributed by atoms with Crippen LogP contribution in [0.25, 0.3) is 0 Å². The van der Waals surface area contributed by atoms with Crippen LogP contribution in [0.4, 0.5) is 0 Å². The maximum absolute atomic E-state index is 12.5. The van der Waals surface area contributed by atoms with Crippen LogP contribution >= 0.6 is 0 Å². The zero-order valence-corrected chi connectivity index (χ0v) is 14.1. The number of aryl methyl sites for hydroxylation is 1. The molecule has 1 aromatic rings. The molecule has 3 rings (SSSR count). The quantitative estimate of drug-likeness (QED) is 0.873. The summed E-state index contributed by atoms with van der Waals surface area (Å²) in [5.41, 5.74) is 2.80. The predicted molar refractivity (Wildman–Crippen MR) is 89.7 cm³/mol. The SMILES string of the molecule is CCC(C)(C)NC(=O)CN(C1CC1)[C@@H]1CCc2ccccc21. The van der Waals surface area contributed by atoms with Gasteiger partial charge in [0, 0.05) is 17.6 Å². The lowest BCUT2D eigenvalue weighted by Gasteiger charge is -2.31. The van der Waals surface area contributed by atoms with E-state index in [4.69, 9.17) is 0 Å². The smallest absolute Gasteiger partial charge is 0.234 e. The van der Waals surface area contributed by atoms with Gasteiger partial charge < -0.3 is 5.32 Å². The number of carbonyl (C=O) groups excluding carboxylic acids is 1. The van der Waals surface area contributed by atoms with Crippen LogP contribution in [0.1, 0.15) is 63.6 Å². The number of carbonyl (C=O) groups is 1. The molecule has 0 bridgehead atoms. The lowest BCUT2D eigenvalue weighted by atomic mass is 10.0. The summed E-state index contributed by atoms with van der Waals surface area (Å²) >= 11 is 0. The van der Waals surface area contributed by atoms with E-state index in [2.05, 4.69) is 55.3 Å². The van der Waals surface area contributed by atoms with E-state index in [0.717, 1.165) is 19.3 Å². The van der Waals surface area contributed by atoms with Crippen LogP contribution in [0.15, 0.2) is 24.3 Å². The highest BCUT2D eigenvalue weighted by Gasteiger charge is 2.38. The van der Waals surface area contributed by atoms with Crippen molar-refractivity contribution in [2.45, 2.75) is 70.5 Å². The third kappa shape index (κ3) is 3.35. The van der Waals surface area contributed by atoms with E-state index in [1.165, 1.54) is 24.0 Å². The standard InChI is InChI=1S/C19H28N2O/c1-4-19(2,3)20-18(22)13-21(15-10-11-15)17-12-9-14-7-5-6-8-16(14)17/h5-8,15,17H,4,9-13H2,1-3H3,(H,20,22)/t17-/m1/s1. The van der Waals surface area contributed by atoms with Gasteiger partial charge in [-0.15, -0.1) is 0 Å². The maximum Gasteiger partial charge on any atom is 0.234 e. The molecule has 22 heavy (non-hydrogen) atoms. The fraction of sp³-hybridized carbons (Fsp3) is 0.632. The van der Waals surface area contributed by atoms with E-state index >= 15 is 0 Å². The molecule has 120 valence electrons. The van der Waals surface area contributed by atoms with E-state index in [-0.39, 0.29) is 11.4 Å². The number of hydrogen-bond donors (Lipinski definition) is 1. The van der Waals surface area contributed by atoms with Crippen molar-refractivity contribution in [1.82, 2.24) is 10.2 Å². The number of benzene rings is 1. The largest absolute Gasteiger partial charge is 0.350 e. The zero-order chi connectivity index (χ0) is 15.7. The van der Waals surface area contributed by atoms with Crippen LogP contribution in [0.2, 0.25) is 0 Å². The topological polar surface area (TPSA) is 32.3 Å². The lowest BCUT2D eigenvalue weighted by Crippen LogP contribution is -2.48. The summed E-state index contributed by atoms with van der Waals surface area (Å²) in [6.07, 6.45) is 5.73. The van der Waals surface area contributed by atoms with Crippen LogP contribution in [0.3, 0.4) is 0 Å². The Labute approximate surface area is 134 Å². The molecule has 1 atom stereocenters. The molecule has 0 aromatic heterocycles. The Bertz CT molecular complexity index is 548. The second-order valence-corrected chi connectivity index (χ2v) is 7.44. The van der Waals surface area contributed by atoms with Gasteiger partial charge in [-0.1, -0.05) is 31.2 Å². The summed E-state index contributed by atoms with van der Waals surface area (Å²) in [5.74, 6) is 0.170. The van der Waals surface area contributed by atoms with Crippen molar-refractivity contribution >= 4 is 5.91 Å². The summed E-state index contributed by atoms with van der Waals surface area (Å²) < 4.78 is 0. The van der Waals surface area contributed by atoms with Gasteiger partial charge in [0.1, 0.15) is 0 Å². The average Bonchev–Trinajstić information content (AvgIpc) is 3.24. The molecule has 2 aliphatic carbocycles. The molecule has 2 aliphatic rings. The van der Waals surface area contributed by atoms with E-state index < -0.39 is 0 Å². The zero-order valence-electron chi connectivity index (χ0n) is 14.1. The Kier molecular flexibility index (Phi) is 4.26. The highest BCUT2D eigenvalue weighted by atomic mass is 16.2. The Morgan fingerprint density at radius 2 is 2.00 bits per heavy atom.